The van der Waals surface area contributed by atoms with Crippen LogP contribution < -0.4 is 5.32 Å². The summed E-state index contributed by atoms with van der Waals surface area (Å²) in [4.78, 5) is 24.6. The van der Waals surface area contributed by atoms with Crippen molar-refractivity contribution in [2.24, 2.45) is 0 Å². The van der Waals surface area contributed by atoms with Crippen molar-refractivity contribution in [3.63, 3.8) is 0 Å². The molecule has 0 aliphatic heterocycles. The van der Waals surface area contributed by atoms with Gasteiger partial charge in [0.05, 0.1) is 29.7 Å². The molecule has 0 spiro atoms. The van der Waals surface area contributed by atoms with Crippen molar-refractivity contribution in [1.82, 2.24) is 14.8 Å². The maximum atomic E-state index is 14.5. The minimum absolute atomic E-state index is 0.0671. The van der Waals surface area contributed by atoms with Crippen LogP contribution in [0.1, 0.15) is 48.5 Å². The first-order valence-electron chi connectivity index (χ1n) is 10.9. The summed E-state index contributed by atoms with van der Waals surface area (Å²) in [6, 6.07) is 13.4. The quantitative estimate of drug-likeness (QED) is 0.383. The van der Waals surface area contributed by atoms with Gasteiger partial charge < -0.3 is 10.1 Å². The van der Waals surface area contributed by atoms with E-state index in [1.807, 2.05) is 4.57 Å². The Balaban J connectivity index is 1.54. The van der Waals surface area contributed by atoms with E-state index >= 15 is 0 Å². The van der Waals surface area contributed by atoms with E-state index in [2.05, 4.69) is 15.5 Å². The molecule has 3 aromatic rings. The topological polar surface area (TPSA) is 86.1 Å². The van der Waals surface area contributed by atoms with Crippen molar-refractivity contribution in [2.75, 3.05) is 18.2 Å². The van der Waals surface area contributed by atoms with Gasteiger partial charge in [-0.15, -0.1) is 10.2 Å². The molecular weight excluding hydrogens is 443 g/mol. The number of rotatable bonds is 7. The molecule has 1 N–H and O–H groups in total. The van der Waals surface area contributed by atoms with E-state index in [1.165, 1.54) is 31.4 Å². The molecule has 9 heteroatoms. The number of aromatic nitrogens is 3. The molecule has 0 bridgehead atoms. The van der Waals surface area contributed by atoms with Crippen molar-refractivity contribution >= 4 is 29.3 Å². The first kappa shape index (κ1) is 23.0. The van der Waals surface area contributed by atoms with Crippen LogP contribution in [0.5, 0.6) is 0 Å². The maximum Gasteiger partial charge on any atom is 0.339 e. The number of hydrogen-bond acceptors (Lipinski definition) is 6. The molecule has 1 aliphatic rings. The molecule has 0 unspecified atom stereocenters. The molecule has 172 valence electrons. The molecule has 0 radical (unpaired) electrons. The van der Waals surface area contributed by atoms with Crippen molar-refractivity contribution in [3.8, 4) is 11.4 Å². The van der Waals surface area contributed by atoms with Gasteiger partial charge in [0.2, 0.25) is 5.91 Å². The predicted octanol–water partition coefficient (Wildman–Crippen LogP) is 5.11. The number of carbonyl (C=O) groups is 2. The van der Waals surface area contributed by atoms with Gasteiger partial charge in [-0.3, -0.25) is 9.36 Å². The van der Waals surface area contributed by atoms with Gasteiger partial charge in [0.1, 0.15) is 5.82 Å². The predicted molar refractivity (Wildman–Crippen MR) is 125 cm³/mol. The fraction of sp³-hybridized carbons (Fsp3) is 0.333. The number of thioether (sulfide) groups is 1. The van der Waals surface area contributed by atoms with Crippen LogP contribution in [0.15, 0.2) is 53.7 Å². The van der Waals surface area contributed by atoms with E-state index in [0.717, 1.165) is 25.7 Å². The van der Waals surface area contributed by atoms with E-state index in [9.17, 15) is 14.0 Å². The van der Waals surface area contributed by atoms with Crippen LogP contribution in [0.2, 0.25) is 0 Å². The lowest BCUT2D eigenvalue weighted by Gasteiger charge is -2.25. The monoisotopic (exact) mass is 468 g/mol. The van der Waals surface area contributed by atoms with Gasteiger partial charge in [-0.25, -0.2) is 9.18 Å². The Hall–Kier alpha value is -3.20. The highest BCUT2D eigenvalue weighted by Crippen LogP contribution is 2.36. The largest absolute Gasteiger partial charge is 0.465 e. The van der Waals surface area contributed by atoms with Crippen molar-refractivity contribution in [3.05, 3.63) is 59.9 Å². The number of nitrogens with one attached hydrogen (secondary N) is 1. The molecule has 33 heavy (non-hydrogen) atoms. The Bertz CT molecular complexity index is 1140. The third-order valence-corrected chi connectivity index (χ3v) is 6.60. The highest BCUT2D eigenvalue weighted by atomic mass is 32.2. The van der Waals surface area contributed by atoms with Crippen molar-refractivity contribution in [2.45, 2.75) is 43.3 Å². The minimum atomic E-state index is -0.523. The third kappa shape index (κ3) is 5.24. The van der Waals surface area contributed by atoms with E-state index in [-0.39, 0.29) is 29.1 Å². The number of amides is 1. The number of para-hydroxylation sites is 1. The lowest BCUT2D eigenvalue weighted by molar-refractivity contribution is -0.113. The van der Waals surface area contributed by atoms with E-state index in [0.29, 0.717) is 22.2 Å². The second-order valence-electron chi connectivity index (χ2n) is 7.82. The zero-order chi connectivity index (χ0) is 23.2. The number of nitrogens with zero attached hydrogens (tertiary/aromatic N) is 3. The molecule has 1 aromatic heterocycles. The summed E-state index contributed by atoms with van der Waals surface area (Å²) < 4.78 is 21.3. The zero-order valence-electron chi connectivity index (χ0n) is 18.3. The summed E-state index contributed by atoms with van der Waals surface area (Å²) in [7, 11) is 1.29. The summed E-state index contributed by atoms with van der Waals surface area (Å²) in [6.07, 6.45) is 5.29. The molecule has 4 rings (SSSR count). The Kier molecular flexibility index (Phi) is 7.39. The summed E-state index contributed by atoms with van der Waals surface area (Å²) in [6.45, 7) is 0. The second-order valence-corrected chi connectivity index (χ2v) is 8.76. The first-order chi connectivity index (χ1) is 16.1. The SMILES string of the molecule is COC(=O)c1ccccc1NC(=O)CSc1nnc(-c2ccccc2F)n1C1CCCCC1. The van der Waals surface area contributed by atoms with Gasteiger partial charge in [0.25, 0.3) is 0 Å². The van der Waals surface area contributed by atoms with Crippen molar-refractivity contribution in [1.29, 1.82) is 0 Å². The summed E-state index contributed by atoms with van der Waals surface area (Å²) in [5, 5.41) is 11.9. The Morgan fingerprint density at radius 2 is 1.82 bits per heavy atom. The molecule has 0 saturated heterocycles. The summed E-state index contributed by atoms with van der Waals surface area (Å²) >= 11 is 1.25. The average molecular weight is 469 g/mol. The molecule has 1 amide bonds. The molecule has 2 aromatic carbocycles. The number of methoxy groups -OCH3 is 1. The molecule has 0 atom stereocenters. The third-order valence-electron chi connectivity index (χ3n) is 5.66. The average Bonchev–Trinajstić information content (AvgIpc) is 3.27. The number of carbonyl (C=O) groups excluding carboxylic acids is 2. The van der Waals surface area contributed by atoms with Crippen LogP contribution in [0.25, 0.3) is 11.4 Å². The fourth-order valence-corrected chi connectivity index (χ4v) is 4.87. The summed E-state index contributed by atoms with van der Waals surface area (Å²) in [5.74, 6) is -0.612. The molecular formula is C24H25FN4O3S. The van der Waals surface area contributed by atoms with Gasteiger partial charge >= 0.3 is 5.97 Å². The lowest BCUT2D eigenvalue weighted by Crippen LogP contribution is -2.18. The van der Waals surface area contributed by atoms with Gasteiger partial charge in [-0.2, -0.15) is 0 Å². The van der Waals surface area contributed by atoms with Crippen LogP contribution in [-0.2, 0) is 9.53 Å². The molecule has 1 aliphatic carbocycles. The van der Waals surface area contributed by atoms with Gasteiger partial charge in [-0.05, 0) is 37.1 Å². The summed E-state index contributed by atoms with van der Waals surface area (Å²) in [5.41, 5.74) is 1.07. The molecule has 1 fully saturated rings. The van der Waals surface area contributed by atoms with Crippen LogP contribution in [0, 0.1) is 5.82 Å². The van der Waals surface area contributed by atoms with Crippen LogP contribution >= 0.6 is 11.8 Å². The fourth-order valence-electron chi connectivity index (χ4n) is 4.07. The number of halogens is 1. The van der Waals surface area contributed by atoms with Crippen LogP contribution in [0.3, 0.4) is 0 Å². The first-order valence-corrected chi connectivity index (χ1v) is 11.9. The van der Waals surface area contributed by atoms with E-state index in [1.54, 1.807) is 42.5 Å². The van der Waals surface area contributed by atoms with Gasteiger partial charge in [0, 0.05) is 6.04 Å². The van der Waals surface area contributed by atoms with Crippen LogP contribution in [-0.4, -0.2) is 39.5 Å². The molecule has 1 saturated carbocycles. The van der Waals surface area contributed by atoms with E-state index in [4.69, 9.17) is 4.74 Å². The zero-order valence-corrected chi connectivity index (χ0v) is 19.1. The van der Waals surface area contributed by atoms with Crippen LogP contribution in [0.4, 0.5) is 10.1 Å². The maximum absolute atomic E-state index is 14.5. The number of anilines is 1. The van der Waals surface area contributed by atoms with E-state index < -0.39 is 5.97 Å². The number of benzene rings is 2. The Labute approximate surface area is 195 Å². The second kappa shape index (κ2) is 10.6. The van der Waals surface area contributed by atoms with Crippen molar-refractivity contribution < 1.29 is 18.7 Å². The number of ether oxygens (including phenoxy) is 1. The highest BCUT2D eigenvalue weighted by molar-refractivity contribution is 7.99. The normalized spacial score (nSPS) is 14.1. The Morgan fingerprint density at radius 1 is 1.09 bits per heavy atom. The highest BCUT2D eigenvalue weighted by Gasteiger charge is 2.25. The standard InChI is InChI=1S/C24H25FN4O3S/c1-32-23(31)18-12-6-8-14-20(18)26-21(30)15-33-24-28-27-22(17-11-5-7-13-19(17)25)29(24)16-9-3-2-4-10-16/h5-8,11-14,16H,2-4,9-10,15H2,1H3,(H,26,30). The van der Waals surface area contributed by atoms with Gasteiger partial charge in [-0.1, -0.05) is 55.3 Å². The smallest absolute Gasteiger partial charge is 0.339 e. The lowest BCUT2D eigenvalue weighted by atomic mass is 9.95. The Morgan fingerprint density at radius 3 is 2.58 bits per heavy atom. The van der Waals surface area contributed by atoms with Gasteiger partial charge in [0.15, 0.2) is 11.0 Å². The molecule has 7 nitrogen and oxygen atoms in total. The number of esters is 1. The minimum Gasteiger partial charge on any atom is -0.465 e. The number of hydrogen-bond donors (Lipinski definition) is 1. The molecule has 1 heterocycles.